The molecule has 1 aromatic carbocycles. The van der Waals surface area contributed by atoms with Crippen LogP contribution >= 0.6 is 0 Å². The highest BCUT2D eigenvalue weighted by Crippen LogP contribution is 2.40. The minimum atomic E-state index is -0.509. The highest BCUT2D eigenvalue weighted by molar-refractivity contribution is 5.97. The number of nitrogens with one attached hydrogen (secondary N) is 1. The van der Waals surface area contributed by atoms with Crippen LogP contribution < -0.4 is 15.8 Å². The Morgan fingerprint density at radius 2 is 2.00 bits per heavy atom. The molecule has 2 unspecified atom stereocenters. The summed E-state index contributed by atoms with van der Waals surface area (Å²) < 4.78 is 5.20. The molecule has 3 rings (SSSR count). The van der Waals surface area contributed by atoms with Crippen LogP contribution in [0.3, 0.4) is 0 Å². The Morgan fingerprint density at radius 1 is 1.33 bits per heavy atom. The molecule has 7 heteroatoms. The molecule has 130 valence electrons. The van der Waals surface area contributed by atoms with Gasteiger partial charge in [-0.05, 0) is 43.6 Å². The van der Waals surface area contributed by atoms with Gasteiger partial charge in [-0.25, -0.2) is 0 Å². The van der Waals surface area contributed by atoms with Crippen LogP contribution in [0.2, 0.25) is 0 Å². The number of ether oxygens (including phenoxy) is 1. The number of benzene rings is 1. The summed E-state index contributed by atoms with van der Waals surface area (Å²) in [6, 6.07) is 4.38. The topological polar surface area (TPSA) is 107 Å². The first-order chi connectivity index (χ1) is 11.5. The van der Waals surface area contributed by atoms with E-state index in [-0.39, 0.29) is 29.2 Å². The molecular weight excluding hydrogens is 310 g/mol. The lowest BCUT2D eigenvalue weighted by Gasteiger charge is -2.45. The number of methoxy groups -OCH3 is 1. The fourth-order valence-corrected chi connectivity index (χ4v) is 4.24. The summed E-state index contributed by atoms with van der Waals surface area (Å²) in [4.78, 5) is 23.2. The molecule has 2 saturated carbocycles. The van der Waals surface area contributed by atoms with E-state index in [2.05, 4.69) is 5.32 Å². The quantitative estimate of drug-likeness (QED) is 0.649. The number of amides is 1. The van der Waals surface area contributed by atoms with E-state index >= 15 is 0 Å². The minimum absolute atomic E-state index is 0.0926. The number of hydrogen-bond acceptors (Lipinski definition) is 5. The third kappa shape index (κ3) is 3.21. The summed E-state index contributed by atoms with van der Waals surface area (Å²) in [5.74, 6) is 0.811. The van der Waals surface area contributed by atoms with Crippen molar-refractivity contribution in [2.45, 2.75) is 44.2 Å². The van der Waals surface area contributed by atoms with Gasteiger partial charge in [-0.15, -0.1) is 0 Å². The van der Waals surface area contributed by atoms with E-state index in [1.807, 2.05) is 0 Å². The first-order valence-electron chi connectivity index (χ1n) is 8.38. The van der Waals surface area contributed by atoms with Gasteiger partial charge in [0.05, 0.1) is 17.6 Å². The van der Waals surface area contributed by atoms with Crippen LogP contribution in [-0.2, 0) is 0 Å². The second kappa shape index (κ2) is 6.76. The first kappa shape index (κ1) is 16.7. The number of nitrogens with zero attached hydrogens (tertiary/aromatic N) is 1. The van der Waals surface area contributed by atoms with E-state index in [1.165, 1.54) is 31.7 Å². The molecule has 3 N–H and O–H groups in total. The lowest BCUT2D eigenvalue weighted by molar-refractivity contribution is -0.384. The summed E-state index contributed by atoms with van der Waals surface area (Å²) in [6.45, 7) is 0. The smallest absolute Gasteiger partial charge is 0.270 e. The van der Waals surface area contributed by atoms with Crippen LogP contribution in [0.15, 0.2) is 18.2 Å². The molecule has 7 nitrogen and oxygen atoms in total. The molecule has 2 fully saturated rings. The fraction of sp³-hybridized carbons (Fsp3) is 0.588. The Labute approximate surface area is 140 Å². The van der Waals surface area contributed by atoms with Gasteiger partial charge in [0.2, 0.25) is 0 Å². The molecule has 2 aliphatic carbocycles. The van der Waals surface area contributed by atoms with Crippen LogP contribution in [0.25, 0.3) is 0 Å². The summed E-state index contributed by atoms with van der Waals surface area (Å²) in [5.41, 5.74) is 6.21. The minimum Gasteiger partial charge on any atom is -0.496 e. The van der Waals surface area contributed by atoms with Gasteiger partial charge >= 0.3 is 0 Å². The van der Waals surface area contributed by atoms with Crippen molar-refractivity contribution in [3.63, 3.8) is 0 Å². The Bertz CT molecular complexity index is 635. The van der Waals surface area contributed by atoms with Gasteiger partial charge in [0, 0.05) is 24.2 Å². The molecule has 2 atom stereocenters. The molecule has 1 amide bonds. The number of nitro groups is 1. The molecule has 1 aromatic rings. The van der Waals surface area contributed by atoms with Crippen molar-refractivity contribution in [3.05, 3.63) is 33.9 Å². The predicted molar refractivity (Wildman–Crippen MR) is 88.9 cm³/mol. The number of nitrogens with two attached hydrogens (primary N) is 1. The molecule has 2 aliphatic rings. The molecule has 0 radical (unpaired) electrons. The van der Waals surface area contributed by atoms with E-state index in [0.717, 1.165) is 25.7 Å². The van der Waals surface area contributed by atoms with Crippen molar-refractivity contribution in [2.24, 2.45) is 17.6 Å². The van der Waals surface area contributed by atoms with Gasteiger partial charge in [-0.2, -0.15) is 0 Å². The molecule has 0 spiro atoms. The maximum absolute atomic E-state index is 12.7. The van der Waals surface area contributed by atoms with Crippen molar-refractivity contribution in [3.8, 4) is 5.75 Å². The van der Waals surface area contributed by atoms with Gasteiger partial charge in [-0.3, -0.25) is 14.9 Å². The van der Waals surface area contributed by atoms with Crippen LogP contribution in [-0.4, -0.2) is 30.0 Å². The van der Waals surface area contributed by atoms with Gasteiger partial charge < -0.3 is 15.8 Å². The number of carbonyl (C=O) groups is 1. The lowest BCUT2D eigenvalue weighted by Crippen LogP contribution is -2.53. The second-order valence-corrected chi connectivity index (χ2v) is 6.82. The lowest BCUT2D eigenvalue weighted by atomic mass is 9.67. The van der Waals surface area contributed by atoms with E-state index in [9.17, 15) is 14.9 Å². The van der Waals surface area contributed by atoms with Crippen LogP contribution in [0.5, 0.6) is 5.75 Å². The zero-order valence-corrected chi connectivity index (χ0v) is 13.7. The molecule has 2 bridgehead atoms. The highest BCUT2D eigenvalue weighted by atomic mass is 16.6. The van der Waals surface area contributed by atoms with Gasteiger partial charge in [0.1, 0.15) is 5.75 Å². The van der Waals surface area contributed by atoms with Crippen molar-refractivity contribution >= 4 is 11.6 Å². The number of nitro benzene ring substituents is 1. The third-order valence-corrected chi connectivity index (χ3v) is 5.31. The molecular formula is C17H23N3O4. The van der Waals surface area contributed by atoms with Crippen LogP contribution in [0, 0.1) is 22.0 Å². The highest BCUT2D eigenvalue weighted by Gasteiger charge is 2.40. The SMILES string of the molecule is COc1ccc([N+](=O)[O-])cc1C(=O)NC1C2CCCC1CC(N)C2. The average Bonchev–Trinajstić information content (AvgIpc) is 2.54. The average molecular weight is 333 g/mol. The maximum Gasteiger partial charge on any atom is 0.270 e. The van der Waals surface area contributed by atoms with Crippen molar-refractivity contribution < 1.29 is 14.5 Å². The standard InChI is InChI=1S/C17H23N3O4/c1-24-15-6-5-13(20(22)23)9-14(15)17(21)19-16-10-3-2-4-11(16)8-12(18)7-10/h5-6,9-12,16H,2-4,7-8,18H2,1H3,(H,19,21). The number of non-ortho nitro benzene ring substituents is 1. The van der Waals surface area contributed by atoms with E-state index in [1.54, 1.807) is 0 Å². The van der Waals surface area contributed by atoms with Crippen molar-refractivity contribution in [1.82, 2.24) is 5.32 Å². The van der Waals surface area contributed by atoms with Crippen molar-refractivity contribution in [2.75, 3.05) is 7.11 Å². The third-order valence-electron chi connectivity index (χ3n) is 5.31. The Morgan fingerprint density at radius 3 is 2.58 bits per heavy atom. The molecule has 0 aliphatic heterocycles. The molecule has 0 aromatic heterocycles. The maximum atomic E-state index is 12.7. The fourth-order valence-electron chi connectivity index (χ4n) is 4.24. The monoisotopic (exact) mass is 333 g/mol. The van der Waals surface area contributed by atoms with Crippen molar-refractivity contribution in [1.29, 1.82) is 0 Å². The second-order valence-electron chi connectivity index (χ2n) is 6.82. The largest absolute Gasteiger partial charge is 0.496 e. The number of carbonyl (C=O) groups excluding carboxylic acids is 1. The summed E-state index contributed by atoms with van der Waals surface area (Å²) in [7, 11) is 1.45. The Balaban J connectivity index is 1.82. The van der Waals surface area contributed by atoms with E-state index < -0.39 is 4.92 Å². The van der Waals surface area contributed by atoms with Gasteiger partial charge in [-0.1, -0.05) is 6.42 Å². The van der Waals surface area contributed by atoms with Crippen LogP contribution in [0.1, 0.15) is 42.5 Å². The summed E-state index contributed by atoms with van der Waals surface area (Å²) in [5, 5.41) is 14.1. The van der Waals surface area contributed by atoms with E-state index in [4.69, 9.17) is 10.5 Å². The zero-order valence-electron chi connectivity index (χ0n) is 13.7. The summed E-state index contributed by atoms with van der Waals surface area (Å²) >= 11 is 0. The first-order valence-corrected chi connectivity index (χ1v) is 8.38. The number of rotatable bonds is 4. The molecule has 24 heavy (non-hydrogen) atoms. The Kier molecular flexibility index (Phi) is 4.71. The van der Waals surface area contributed by atoms with Gasteiger partial charge in [0.25, 0.3) is 11.6 Å². The van der Waals surface area contributed by atoms with Gasteiger partial charge in [0.15, 0.2) is 0 Å². The van der Waals surface area contributed by atoms with Crippen LogP contribution in [0.4, 0.5) is 5.69 Å². The zero-order chi connectivity index (χ0) is 17.3. The number of fused-ring (bicyclic) bond motifs is 2. The number of hydrogen-bond donors (Lipinski definition) is 2. The molecule has 0 saturated heterocycles. The molecule has 0 heterocycles. The summed E-state index contributed by atoms with van der Waals surface area (Å²) in [6.07, 6.45) is 5.16. The predicted octanol–water partition coefficient (Wildman–Crippen LogP) is 2.24. The normalized spacial score (nSPS) is 28.9. The Hall–Kier alpha value is -2.15. The van der Waals surface area contributed by atoms with E-state index in [0.29, 0.717) is 17.6 Å².